The third-order valence-corrected chi connectivity index (χ3v) is 12.3. The first kappa shape index (κ1) is 39.4. The molecule has 8 rings (SSSR count). The van der Waals surface area contributed by atoms with Crippen LogP contribution in [0.4, 0.5) is 4.79 Å². The summed E-state index contributed by atoms with van der Waals surface area (Å²) in [5.41, 5.74) is 6.81. The number of fused-ring (bicyclic) bond motifs is 6. The third-order valence-electron chi connectivity index (χ3n) is 12.3. The van der Waals surface area contributed by atoms with E-state index in [9.17, 15) is 14.4 Å². The van der Waals surface area contributed by atoms with E-state index < -0.39 is 12.1 Å². The number of nitrogens with zero attached hydrogens (tertiary/aromatic N) is 4. The first-order valence-electron chi connectivity index (χ1n) is 20.6. The zero-order valence-corrected chi connectivity index (χ0v) is 34.4. The van der Waals surface area contributed by atoms with Gasteiger partial charge in [0, 0.05) is 36.6 Å². The molecular formula is C45H54N7O6. The SMILES string of the molecule is CC[C@H](C)[C@H](NC(=O)OC)C(=O)N1[C@@H](C)CC[C@H]1c1ncc(-c2ccc3c(c2)COc2cc4c(ccc5nc([C@@H]6C[C@H](COC)CN6C(=O)[CH]C(C)C)[nH]c54)cc2-3)[nH]1. The molecule has 3 aromatic carbocycles. The van der Waals surface area contributed by atoms with Crippen LogP contribution in [0.3, 0.4) is 0 Å². The van der Waals surface area contributed by atoms with Crippen molar-refractivity contribution in [1.82, 2.24) is 35.1 Å². The molecule has 13 heteroatoms. The molecular weight excluding hydrogens is 735 g/mol. The minimum Gasteiger partial charge on any atom is -0.488 e. The fourth-order valence-corrected chi connectivity index (χ4v) is 9.11. The van der Waals surface area contributed by atoms with Crippen molar-refractivity contribution in [3.05, 3.63) is 72.3 Å². The van der Waals surface area contributed by atoms with Crippen molar-refractivity contribution in [2.24, 2.45) is 17.8 Å². The zero-order chi connectivity index (χ0) is 40.8. The molecule has 3 aliphatic rings. The Morgan fingerprint density at radius 1 is 1.02 bits per heavy atom. The van der Waals surface area contributed by atoms with E-state index in [1.807, 2.05) is 56.7 Å². The summed E-state index contributed by atoms with van der Waals surface area (Å²) in [4.78, 5) is 60.3. The van der Waals surface area contributed by atoms with Crippen LogP contribution in [-0.4, -0.2) is 87.1 Å². The van der Waals surface area contributed by atoms with Crippen LogP contribution in [0.15, 0.2) is 48.7 Å². The first-order chi connectivity index (χ1) is 28.0. The van der Waals surface area contributed by atoms with Gasteiger partial charge in [0.05, 0.1) is 55.1 Å². The molecule has 3 aliphatic heterocycles. The predicted octanol–water partition coefficient (Wildman–Crippen LogP) is 7.88. The number of aromatic amines is 2. The monoisotopic (exact) mass is 788 g/mol. The molecule has 2 saturated heterocycles. The van der Waals surface area contributed by atoms with Crippen LogP contribution >= 0.6 is 0 Å². The molecule has 2 aromatic heterocycles. The molecule has 3 N–H and O–H groups in total. The lowest BCUT2D eigenvalue weighted by molar-refractivity contribution is -0.137. The number of nitrogens with one attached hydrogen (secondary N) is 3. The summed E-state index contributed by atoms with van der Waals surface area (Å²) in [7, 11) is 3.01. The highest BCUT2D eigenvalue weighted by atomic mass is 16.5. The molecule has 13 nitrogen and oxygen atoms in total. The van der Waals surface area contributed by atoms with Crippen molar-refractivity contribution in [3.8, 4) is 28.1 Å². The number of alkyl carbamates (subject to hydrolysis) is 1. The van der Waals surface area contributed by atoms with Crippen LogP contribution in [0.5, 0.6) is 5.75 Å². The maximum absolute atomic E-state index is 14.0. The maximum atomic E-state index is 14.0. The normalized spacial score (nSPS) is 21.2. The van der Waals surface area contributed by atoms with Gasteiger partial charge in [0.15, 0.2) is 0 Å². The average molecular weight is 789 g/mol. The molecule has 6 atom stereocenters. The number of methoxy groups -OCH3 is 2. The van der Waals surface area contributed by atoms with Crippen molar-refractivity contribution in [3.63, 3.8) is 0 Å². The minimum absolute atomic E-state index is 0.00368. The largest absolute Gasteiger partial charge is 0.488 e. The van der Waals surface area contributed by atoms with Crippen molar-refractivity contribution >= 4 is 39.7 Å². The standard InChI is InChI=1S/C45H54N7O6/c1-8-25(4)40(50-45(55)57-7)44(54)52-26(5)9-14-36(52)42-46-20-35(48-42)29-10-12-31-30(17-29)23-58-38-19-32-28(18-33(31)38)11-13-34-41(32)49-43(47-34)37-16-27(22-56-6)21-51(37)39(53)15-24(2)3/h10-13,15,17-20,24-27,36-37,40H,8-9,14,16,21-23H2,1-7H3,(H,46,48)(H,47,49)(H,50,55)/t25-,26-,27-,36-,37-,40-/m0/s1. The predicted molar refractivity (Wildman–Crippen MR) is 222 cm³/mol. The van der Waals surface area contributed by atoms with Gasteiger partial charge in [0.25, 0.3) is 0 Å². The number of imidazole rings is 2. The van der Waals surface area contributed by atoms with E-state index in [-0.39, 0.29) is 47.7 Å². The summed E-state index contributed by atoms with van der Waals surface area (Å²) in [6.07, 6.45) is 6.12. The van der Waals surface area contributed by atoms with Crippen LogP contribution in [-0.2, 0) is 25.7 Å². The number of rotatable bonds is 11. The van der Waals surface area contributed by atoms with E-state index >= 15 is 0 Å². The number of amides is 3. The van der Waals surface area contributed by atoms with Gasteiger partial charge in [-0.3, -0.25) is 9.59 Å². The Labute approximate surface area is 339 Å². The Morgan fingerprint density at radius 2 is 1.84 bits per heavy atom. The lowest BCUT2D eigenvalue weighted by atomic mass is 9.92. The van der Waals surface area contributed by atoms with Crippen molar-refractivity contribution in [1.29, 1.82) is 0 Å². The fraction of sp³-hybridized carbons (Fsp3) is 0.467. The quantitative estimate of drug-likeness (QED) is 0.122. The Bertz CT molecular complexity index is 2350. The van der Waals surface area contributed by atoms with Gasteiger partial charge >= 0.3 is 6.09 Å². The number of carbonyl (C=O) groups excluding carboxylic acids is 3. The van der Waals surface area contributed by atoms with Crippen molar-refractivity contribution in [2.45, 2.75) is 91.1 Å². The molecule has 1 radical (unpaired) electrons. The van der Waals surface area contributed by atoms with E-state index in [1.54, 1.807) is 13.5 Å². The highest BCUT2D eigenvalue weighted by molar-refractivity contribution is 6.07. The molecule has 2 fully saturated rings. The number of ether oxygens (including phenoxy) is 3. The van der Waals surface area contributed by atoms with Crippen LogP contribution in [0.25, 0.3) is 44.2 Å². The van der Waals surface area contributed by atoms with Gasteiger partial charge in [-0.2, -0.15) is 0 Å². The number of hydrogen-bond donors (Lipinski definition) is 3. The Morgan fingerprint density at radius 3 is 2.60 bits per heavy atom. The summed E-state index contributed by atoms with van der Waals surface area (Å²) in [5, 5.41) is 4.86. The molecule has 305 valence electrons. The third kappa shape index (κ3) is 7.29. The molecule has 3 amide bonds. The summed E-state index contributed by atoms with van der Waals surface area (Å²) >= 11 is 0. The van der Waals surface area contributed by atoms with E-state index in [1.165, 1.54) is 7.11 Å². The lowest BCUT2D eigenvalue weighted by Gasteiger charge is -2.33. The second-order valence-corrected chi connectivity index (χ2v) is 16.7. The Balaban J connectivity index is 1.05. The smallest absolute Gasteiger partial charge is 0.407 e. The van der Waals surface area contributed by atoms with Crippen LogP contribution < -0.4 is 10.1 Å². The van der Waals surface area contributed by atoms with Gasteiger partial charge in [0.2, 0.25) is 11.8 Å². The Hall–Kier alpha value is -5.43. The van der Waals surface area contributed by atoms with Crippen LogP contribution in [0, 0.1) is 24.2 Å². The molecule has 0 aliphatic carbocycles. The summed E-state index contributed by atoms with van der Waals surface area (Å²) in [6.45, 7) is 11.7. The summed E-state index contributed by atoms with van der Waals surface area (Å²) in [5.74, 6) is 2.56. The first-order valence-corrected chi connectivity index (χ1v) is 20.6. The number of benzene rings is 3. The van der Waals surface area contributed by atoms with E-state index in [4.69, 9.17) is 24.2 Å². The highest BCUT2D eigenvalue weighted by Gasteiger charge is 2.42. The molecule has 5 aromatic rings. The number of carbonyl (C=O) groups is 3. The minimum atomic E-state index is -0.693. The highest BCUT2D eigenvalue weighted by Crippen LogP contribution is 2.44. The molecule has 0 unspecified atom stereocenters. The van der Waals surface area contributed by atoms with Gasteiger partial charge in [-0.05, 0) is 84.4 Å². The van der Waals surface area contributed by atoms with E-state index in [0.29, 0.717) is 19.8 Å². The van der Waals surface area contributed by atoms with Crippen molar-refractivity contribution < 1.29 is 28.6 Å². The van der Waals surface area contributed by atoms with E-state index in [0.717, 1.165) is 92.8 Å². The molecule has 0 bridgehead atoms. The van der Waals surface area contributed by atoms with Crippen molar-refractivity contribution in [2.75, 3.05) is 27.4 Å². The molecule has 58 heavy (non-hydrogen) atoms. The van der Waals surface area contributed by atoms with Gasteiger partial charge in [-0.15, -0.1) is 0 Å². The second kappa shape index (κ2) is 16.1. The lowest BCUT2D eigenvalue weighted by Crippen LogP contribution is -2.53. The van der Waals surface area contributed by atoms with Gasteiger partial charge < -0.3 is 39.3 Å². The summed E-state index contributed by atoms with van der Waals surface area (Å²) < 4.78 is 16.8. The summed E-state index contributed by atoms with van der Waals surface area (Å²) in [6, 6.07) is 13.7. The van der Waals surface area contributed by atoms with Gasteiger partial charge in [-0.1, -0.05) is 52.3 Å². The zero-order valence-electron chi connectivity index (χ0n) is 34.4. The average Bonchev–Trinajstić information content (AvgIpc) is 4.04. The number of H-pyrrole nitrogens is 2. The number of hydrogen-bond acceptors (Lipinski definition) is 8. The van der Waals surface area contributed by atoms with Crippen LogP contribution in [0.2, 0.25) is 0 Å². The topological polar surface area (TPSA) is 155 Å². The Kier molecular flexibility index (Phi) is 10.9. The maximum Gasteiger partial charge on any atom is 0.407 e. The van der Waals surface area contributed by atoms with E-state index in [2.05, 4.69) is 51.7 Å². The van der Waals surface area contributed by atoms with Crippen LogP contribution in [0.1, 0.15) is 89.6 Å². The van der Waals surface area contributed by atoms with Gasteiger partial charge in [0.1, 0.15) is 30.0 Å². The molecule has 0 spiro atoms. The molecule has 5 heterocycles. The number of aromatic nitrogens is 4. The second-order valence-electron chi connectivity index (χ2n) is 16.7. The molecule has 0 saturated carbocycles. The van der Waals surface area contributed by atoms with Gasteiger partial charge in [-0.25, -0.2) is 14.8 Å². The number of likely N-dealkylation sites (tertiary alicyclic amines) is 2. The fourth-order valence-electron chi connectivity index (χ4n) is 9.11.